The normalized spacial score (nSPS) is 15.7. The molecule has 1 aliphatic rings. The van der Waals surface area contributed by atoms with Crippen LogP contribution in [0.15, 0.2) is 30.9 Å². The SMILES string of the molecule is C=C[C](C)c1cccc(C2CC2)c1CC. The molecular weight excluding hydrogens is 180 g/mol. The second-order valence-corrected chi connectivity index (χ2v) is 4.39. The van der Waals surface area contributed by atoms with Gasteiger partial charge in [0.15, 0.2) is 0 Å². The molecule has 0 bridgehead atoms. The summed E-state index contributed by atoms with van der Waals surface area (Å²) in [5.41, 5.74) is 4.52. The lowest BCUT2D eigenvalue weighted by atomic mass is 9.89. The topological polar surface area (TPSA) is 0 Å². The lowest BCUT2D eigenvalue weighted by Gasteiger charge is -2.15. The first-order chi connectivity index (χ1) is 7.27. The maximum absolute atomic E-state index is 3.87. The number of hydrogen-bond donors (Lipinski definition) is 0. The van der Waals surface area contributed by atoms with Crippen molar-refractivity contribution in [2.24, 2.45) is 0 Å². The standard InChI is InChI=1S/C15H19/c1-4-11(3)14-7-6-8-15(12-9-10-12)13(14)5-2/h4,6-8,12H,1,5,9-10H2,2-3H3. The molecule has 0 atom stereocenters. The van der Waals surface area contributed by atoms with Crippen LogP contribution in [0.2, 0.25) is 0 Å². The minimum atomic E-state index is 0.845. The van der Waals surface area contributed by atoms with Gasteiger partial charge in [-0.1, -0.05) is 38.1 Å². The van der Waals surface area contributed by atoms with E-state index in [4.69, 9.17) is 0 Å². The van der Waals surface area contributed by atoms with Crippen molar-refractivity contribution in [3.8, 4) is 0 Å². The van der Waals surface area contributed by atoms with Crippen LogP contribution in [0.4, 0.5) is 0 Å². The molecule has 0 aliphatic heterocycles. The first-order valence-corrected chi connectivity index (χ1v) is 5.86. The van der Waals surface area contributed by atoms with E-state index >= 15 is 0 Å². The maximum atomic E-state index is 3.87. The van der Waals surface area contributed by atoms with Gasteiger partial charge in [-0.25, -0.2) is 0 Å². The Hall–Kier alpha value is -1.04. The Morgan fingerprint density at radius 3 is 2.73 bits per heavy atom. The van der Waals surface area contributed by atoms with Gasteiger partial charge in [0.25, 0.3) is 0 Å². The molecule has 0 amide bonds. The van der Waals surface area contributed by atoms with Gasteiger partial charge < -0.3 is 0 Å². The van der Waals surface area contributed by atoms with E-state index in [0.717, 1.165) is 12.3 Å². The maximum Gasteiger partial charge on any atom is 0.0233 e. The highest BCUT2D eigenvalue weighted by Crippen LogP contribution is 2.43. The van der Waals surface area contributed by atoms with E-state index in [0.29, 0.717) is 0 Å². The molecule has 0 spiro atoms. The molecule has 0 heterocycles. The lowest BCUT2D eigenvalue weighted by Crippen LogP contribution is -2.00. The van der Waals surface area contributed by atoms with Gasteiger partial charge in [-0.05, 0) is 41.9 Å². The van der Waals surface area contributed by atoms with Gasteiger partial charge in [0.2, 0.25) is 0 Å². The van der Waals surface area contributed by atoms with Crippen molar-refractivity contribution in [1.29, 1.82) is 0 Å². The minimum absolute atomic E-state index is 0.845. The molecule has 0 aromatic heterocycles. The van der Waals surface area contributed by atoms with E-state index < -0.39 is 0 Å². The third-order valence-electron chi connectivity index (χ3n) is 3.31. The molecule has 15 heavy (non-hydrogen) atoms. The summed E-state index contributed by atoms with van der Waals surface area (Å²) in [7, 11) is 0. The second-order valence-electron chi connectivity index (χ2n) is 4.39. The minimum Gasteiger partial charge on any atom is -0.102 e. The molecular formula is C15H19. The average molecular weight is 199 g/mol. The fourth-order valence-corrected chi connectivity index (χ4v) is 2.26. The monoisotopic (exact) mass is 199 g/mol. The van der Waals surface area contributed by atoms with E-state index in [1.807, 2.05) is 6.08 Å². The molecule has 1 aromatic rings. The van der Waals surface area contributed by atoms with Crippen molar-refractivity contribution in [3.05, 3.63) is 53.5 Å². The molecule has 1 aromatic carbocycles. The van der Waals surface area contributed by atoms with Gasteiger partial charge in [-0.2, -0.15) is 0 Å². The zero-order valence-electron chi connectivity index (χ0n) is 9.72. The van der Waals surface area contributed by atoms with Gasteiger partial charge in [0.1, 0.15) is 0 Å². The number of hydrogen-bond acceptors (Lipinski definition) is 0. The van der Waals surface area contributed by atoms with Gasteiger partial charge >= 0.3 is 0 Å². The Bertz CT molecular complexity index is 358. The van der Waals surface area contributed by atoms with Gasteiger partial charge in [0.05, 0.1) is 0 Å². The molecule has 1 radical (unpaired) electrons. The van der Waals surface area contributed by atoms with Gasteiger partial charge in [0, 0.05) is 5.92 Å². The Morgan fingerprint density at radius 2 is 2.20 bits per heavy atom. The van der Waals surface area contributed by atoms with Gasteiger partial charge in [-0.15, -0.1) is 6.58 Å². The van der Waals surface area contributed by atoms with Crippen LogP contribution >= 0.6 is 0 Å². The Labute approximate surface area is 93.0 Å². The van der Waals surface area contributed by atoms with Crippen molar-refractivity contribution < 1.29 is 0 Å². The van der Waals surface area contributed by atoms with Crippen molar-refractivity contribution in [2.45, 2.75) is 39.0 Å². The zero-order chi connectivity index (χ0) is 10.8. The highest BCUT2D eigenvalue weighted by Gasteiger charge is 2.26. The smallest absolute Gasteiger partial charge is 0.0233 e. The predicted octanol–water partition coefficient (Wildman–Crippen LogP) is 4.25. The molecule has 1 fully saturated rings. The summed E-state index contributed by atoms with van der Waals surface area (Å²) in [6, 6.07) is 6.72. The Kier molecular flexibility index (Phi) is 2.95. The summed E-state index contributed by atoms with van der Waals surface area (Å²) in [4.78, 5) is 0. The van der Waals surface area contributed by atoms with Crippen LogP contribution in [0.1, 0.15) is 49.3 Å². The van der Waals surface area contributed by atoms with E-state index in [9.17, 15) is 0 Å². The fraction of sp³-hybridized carbons (Fsp3) is 0.400. The summed E-state index contributed by atoms with van der Waals surface area (Å²) in [5.74, 6) is 2.15. The van der Waals surface area contributed by atoms with E-state index in [1.165, 1.54) is 29.9 Å². The molecule has 0 nitrogen and oxygen atoms in total. The number of allylic oxidation sites excluding steroid dienone is 1. The largest absolute Gasteiger partial charge is 0.102 e. The fourth-order valence-electron chi connectivity index (χ4n) is 2.26. The van der Waals surface area contributed by atoms with E-state index in [1.54, 1.807) is 5.56 Å². The summed E-state index contributed by atoms with van der Waals surface area (Å²) in [6.45, 7) is 8.27. The molecule has 0 saturated heterocycles. The van der Waals surface area contributed by atoms with Crippen LogP contribution in [0, 0.1) is 5.92 Å². The van der Waals surface area contributed by atoms with Crippen LogP contribution in [-0.2, 0) is 6.42 Å². The summed E-state index contributed by atoms with van der Waals surface area (Å²) < 4.78 is 0. The van der Waals surface area contributed by atoms with Crippen LogP contribution in [0.5, 0.6) is 0 Å². The third kappa shape index (κ3) is 1.99. The molecule has 1 saturated carbocycles. The molecule has 1 aliphatic carbocycles. The number of rotatable bonds is 4. The van der Waals surface area contributed by atoms with Crippen LogP contribution in [-0.4, -0.2) is 0 Å². The molecule has 2 rings (SSSR count). The molecule has 0 heteroatoms. The Balaban J connectivity index is 2.44. The summed E-state index contributed by atoms with van der Waals surface area (Å²) in [5, 5.41) is 0. The quantitative estimate of drug-likeness (QED) is 0.680. The van der Waals surface area contributed by atoms with Crippen LogP contribution in [0.25, 0.3) is 0 Å². The highest BCUT2D eigenvalue weighted by atomic mass is 14.3. The van der Waals surface area contributed by atoms with Crippen molar-refractivity contribution in [1.82, 2.24) is 0 Å². The average Bonchev–Trinajstić information content (AvgIpc) is 3.10. The highest BCUT2D eigenvalue weighted by molar-refractivity contribution is 5.48. The Morgan fingerprint density at radius 1 is 1.47 bits per heavy atom. The first kappa shape index (κ1) is 10.5. The zero-order valence-corrected chi connectivity index (χ0v) is 9.72. The van der Waals surface area contributed by atoms with E-state index in [-0.39, 0.29) is 0 Å². The third-order valence-corrected chi connectivity index (χ3v) is 3.31. The number of benzene rings is 1. The van der Waals surface area contributed by atoms with Crippen molar-refractivity contribution in [3.63, 3.8) is 0 Å². The summed E-state index contributed by atoms with van der Waals surface area (Å²) >= 11 is 0. The summed E-state index contributed by atoms with van der Waals surface area (Å²) in [6.07, 6.45) is 5.85. The van der Waals surface area contributed by atoms with Crippen molar-refractivity contribution >= 4 is 0 Å². The van der Waals surface area contributed by atoms with E-state index in [2.05, 4.69) is 38.6 Å². The molecule has 0 N–H and O–H groups in total. The molecule has 79 valence electrons. The first-order valence-electron chi connectivity index (χ1n) is 5.86. The van der Waals surface area contributed by atoms with Crippen LogP contribution < -0.4 is 0 Å². The lowest BCUT2D eigenvalue weighted by molar-refractivity contribution is 1.000. The second kappa shape index (κ2) is 4.22. The van der Waals surface area contributed by atoms with Crippen molar-refractivity contribution in [2.75, 3.05) is 0 Å². The predicted molar refractivity (Wildman–Crippen MR) is 66.0 cm³/mol. The van der Waals surface area contributed by atoms with Crippen LogP contribution in [0.3, 0.4) is 0 Å². The molecule has 0 unspecified atom stereocenters. The van der Waals surface area contributed by atoms with Gasteiger partial charge in [-0.3, -0.25) is 0 Å².